The van der Waals surface area contributed by atoms with Gasteiger partial charge in [-0.1, -0.05) is 36.4 Å². The van der Waals surface area contributed by atoms with Crippen LogP contribution in [-0.2, 0) is 6.54 Å². The van der Waals surface area contributed by atoms with E-state index in [1.165, 1.54) is 11.1 Å². The van der Waals surface area contributed by atoms with E-state index in [-0.39, 0.29) is 12.6 Å². The van der Waals surface area contributed by atoms with Crippen LogP contribution in [0.15, 0.2) is 48.5 Å². The molecular formula is C19H23NO3. The van der Waals surface area contributed by atoms with Crippen LogP contribution < -0.4 is 9.47 Å². The predicted octanol–water partition coefficient (Wildman–Crippen LogP) is 3.01. The van der Waals surface area contributed by atoms with Gasteiger partial charge in [-0.25, -0.2) is 0 Å². The van der Waals surface area contributed by atoms with Gasteiger partial charge in [0.1, 0.15) is 13.2 Å². The summed E-state index contributed by atoms with van der Waals surface area (Å²) in [4.78, 5) is 2.26. The third-order valence-electron chi connectivity index (χ3n) is 4.16. The summed E-state index contributed by atoms with van der Waals surface area (Å²) in [5.41, 5.74) is 2.40. The van der Waals surface area contributed by atoms with E-state index in [0.29, 0.717) is 19.6 Å². The molecule has 1 N–H and O–H groups in total. The Kier molecular flexibility index (Phi) is 5.16. The number of fused-ring (bicyclic) bond motifs is 1. The number of hydrogen-bond acceptors (Lipinski definition) is 4. The van der Waals surface area contributed by atoms with Gasteiger partial charge in [0.2, 0.25) is 0 Å². The number of nitrogens with zero attached hydrogens (tertiary/aromatic N) is 1. The molecule has 0 bridgehead atoms. The molecule has 0 aliphatic carbocycles. The second-order valence-electron chi connectivity index (χ2n) is 5.83. The summed E-state index contributed by atoms with van der Waals surface area (Å²) in [6, 6.07) is 16.6. The first-order chi connectivity index (χ1) is 11.3. The zero-order valence-corrected chi connectivity index (χ0v) is 13.4. The Morgan fingerprint density at radius 3 is 2.52 bits per heavy atom. The quantitative estimate of drug-likeness (QED) is 0.890. The van der Waals surface area contributed by atoms with Gasteiger partial charge in [-0.05, 0) is 36.7 Å². The molecule has 1 heterocycles. The van der Waals surface area contributed by atoms with Crippen molar-refractivity contribution < 1.29 is 14.6 Å². The molecular weight excluding hydrogens is 290 g/mol. The van der Waals surface area contributed by atoms with Crippen LogP contribution in [0.2, 0.25) is 0 Å². The lowest BCUT2D eigenvalue weighted by Crippen LogP contribution is -2.25. The maximum Gasteiger partial charge on any atom is 0.161 e. The third kappa shape index (κ3) is 3.84. The Morgan fingerprint density at radius 2 is 1.78 bits per heavy atom. The van der Waals surface area contributed by atoms with Crippen molar-refractivity contribution in [2.75, 3.05) is 26.9 Å². The van der Waals surface area contributed by atoms with Crippen molar-refractivity contribution in [3.8, 4) is 11.5 Å². The zero-order chi connectivity index (χ0) is 16.1. The largest absolute Gasteiger partial charge is 0.486 e. The Labute approximate surface area is 137 Å². The van der Waals surface area contributed by atoms with Crippen LogP contribution in [0.5, 0.6) is 11.5 Å². The van der Waals surface area contributed by atoms with E-state index >= 15 is 0 Å². The lowest BCUT2D eigenvalue weighted by molar-refractivity contribution is 0.169. The first-order valence-corrected chi connectivity index (χ1v) is 8.02. The summed E-state index contributed by atoms with van der Waals surface area (Å²) < 4.78 is 11.2. The van der Waals surface area contributed by atoms with Gasteiger partial charge >= 0.3 is 0 Å². The topological polar surface area (TPSA) is 41.9 Å². The number of ether oxygens (including phenoxy) is 2. The van der Waals surface area contributed by atoms with Crippen molar-refractivity contribution in [3.05, 3.63) is 59.7 Å². The molecule has 0 saturated carbocycles. The molecule has 122 valence electrons. The third-order valence-corrected chi connectivity index (χ3v) is 4.16. The summed E-state index contributed by atoms with van der Waals surface area (Å²) in [6.07, 6.45) is 0.713. The van der Waals surface area contributed by atoms with Crippen molar-refractivity contribution in [2.45, 2.75) is 19.0 Å². The molecule has 1 aliphatic rings. The molecule has 2 aromatic rings. The van der Waals surface area contributed by atoms with Gasteiger partial charge in [-0.2, -0.15) is 0 Å². The number of aliphatic hydroxyl groups excluding tert-OH is 1. The first-order valence-electron chi connectivity index (χ1n) is 8.02. The van der Waals surface area contributed by atoms with Gasteiger partial charge in [0.05, 0.1) is 0 Å². The van der Waals surface area contributed by atoms with Gasteiger partial charge in [0.15, 0.2) is 11.5 Å². The van der Waals surface area contributed by atoms with Crippen LogP contribution in [0.1, 0.15) is 23.6 Å². The maximum absolute atomic E-state index is 9.41. The summed E-state index contributed by atoms with van der Waals surface area (Å²) in [5.74, 6) is 1.64. The lowest BCUT2D eigenvalue weighted by atomic mass is 10.0. The Bertz CT molecular complexity index is 630. The number of aliphatic hydroxyl groups is 1. The number of benzene rings is 2. The summed E-state index contributed by atoms with van der Waals surface area (Å²) in [5, 5.41) is 9.41. The SMILES string of the molecule is CN(Cc1ccc2c(c1)OCCO2)C(CCO)c1ccccc1. The van der Waals surface area contributed by atoms with Crippen LogP contribution in [0, 0.1) is 0 Å². The predicted molar refractivity (Wildman–Crippen MR) is 89.8 cm³/mol. The molecule has 3 rings (SSSR count). The van der Waals surface area contributed by atoms with E-state index in [9.17, 15) is 5.11 Å². The molecule has 0 saturated heterocycles. The fourth-order valence-electron chi connectivity index (χ4n) is 3.02. The minimum atomic E-state index is 0.172. The summed E-state index contributed by atoms with van der Waals surface area (Å²) in [6.45, 7) is 2.17. The molecule has 23 heavy (non-hydrogen) atoms. The van der Waals surface area contributed by atoms with Crippen molar-refractivity contribution in [1.29, 1.82) is 0 Å². The lowest BCUT2D eigenvalue weighted by Gasteiger charge is -2.28. The molecule has 0 spiro atoms. The smallest absolute Gasteiger partial charge is 0.161 e. The molecule has 1 unspecified atom stereocenters. The Balaban J connectivity index is 1.75. The van der Waals surface area contributed by atoms with Gasteiger partial charge in [-0.3, -0.25) is 4.90 Å². The Morgan fingerprint density at radius 1 is 1.04 bits per heavy atom. The first kappa shape index (κ1) is 15.8. The van der Waals surface area contributed by atoms with Crippen LogP contribution in [0.25, 0.3) is 0 Å². The van der Waals surface area contributed by atoms with Crippen molar-refractivity contribution in [2.24, 2.45) is 0 Å². The van der Waals surface area contributed by atoms with E-state index < -0.39 is 0 Å². The fourth-order valence-corrected chi connectivity index (χ4v) is 3.02. The highest BCUT2D eigenvalue weighted by molar-refractivity contribution is 5.43. The van der Waals surface area contributed by atoms with E-state index in [2.05, 4.69) is 30.1 Å². The van der Waals surface area contributed by atoms with E-state index in [1.807, 2.05) is 30.3 Å². The highest BCUT2D eigenvalue weighted by atomic mass is 16.6. The monoisotopic (exact) mass is 313 g/mol. The standard InChI is InChI=1S/C19H23NO3/c1-20(17(9-10-21)16-5-3-2-4-6-16)14-15-7-8-18-19(13-15)23-12-11-22-18/h2-8,13,17,21H,9-12,14H2,1H3. The van der Waals surface area contributed by atoms with Crippen LogP contribution in [0.3, 0.4) is 0 Å². The molecule has 0 radical (unpaired) electrons. The molecule has 0 fully saturated rings. The highest BCUT2D eigenvalue weighted by Crippen LogP contribution is 2.32. The van der Waals surface area contributed by atoms with Crippen LogP contribution >= 0.6 is 0 Å². The highest BCUT2D eigenvalue weighted by Gasteiger charge is 2.18. The summed E-state index contributed by atoms with van der Waals surface area (Å²) >= 11 is 0. The normalized spacial score (nSPS) is 14.7. The molecule has 0 aromatic heterocycles. The molecule has 1 atom stereocenters. The minimum absolute atomic E-state index is 0.172. The maximum atomic E-state index is 9.41. The van der Waals surface area contributed by atoms with Crippen molar-refractivity contribution in [1.82, 2.24) is 4.90 Å². The molecule has 2 aromatic carbocycles. The average Bonchev–Trinajstić information content (AvgIpc) is 2.60. The number of hydrogen-bond donors (Lipinski definition) is 1. The van der Waals surface area contributed by atoms with Gasteiger partial charge < -0.3 is 14.6 Å². The molecule has 0 amide bonds. The minimum Gasteiger partial charge on any atom is -0.486 e. The zero-order valence-electron chi connectivity index (χ0n) is 13.4. The van der Waals surface area contributed by atoms with Crippen LogP contribution in [0.4, 0.5) is 0 Å². The van der Waals surface area contributed by atoms with Gasteiger partial charge in [-0.15, -0.1) is 0 Å². The van der Waals surface area contributed by atoms with E-state index in [0.717, 1.165) is 18.0 Å². The molecule has 1 aliphatic heterocycles. The van der Waals surface area contributed by atoms with Crippen molar-refractivity contribution in [3.63, 3.8) is 0 Å². The fraction of sp³-hybridized carbons (Fsp3) is 0.368. The second-order valence-corrected chi connectivity index (χ2v) is 5.83. The van der Waals surface area contributed by atoms with E-state index in [1.54, 1.807) is 0 Å². The average molecular weight is 313 g/mol. The molecule has 4 heteroatoms. The van der Waals surface area contributed by atoms with Gasteiger partial charge in [0, 0.05) is 19.2 Å². The Hall–Kier alpha value is -2.04. The second kappa shape index (κ2) is 7.49. The van der Waals surface area contributed by atoms with Gasteiger partial charge in [0.25, 0.3) is 0 Å². The molecule has 4 nitrogen and oxygen atoms in total. The summed E-state index contributed by atoms with van der Waals surface area (Å²) in [7, 11) is 2.09. The number of rotatable bonds is 6. The van der Waals surface area contributed by atoms with Crippen molar-refractivity contribution >= 4 is 0 Å². The van der Waals surface area contributed by atoms with Crippen LogP contribution in [-0.4, -0.2) is 36.9 Å². The van der Waals surface area contributed by atoms with E-state index in [4.69, 9.17) is 9.47 Å².